The molecule has 5 heteroatoms. The summed E-state index contributed by atoms with van der Waals surface area (Å²) in [6.45, 7) is 1.80. The first-order chi connectivity index (χ1) is 12.6. The van der Waals surface area contributed by atoms with E-state index >= 15 is 0 Å². The molecule has 2 aromatic rings. The van der Waals surface area contributed by atoms with Gasteiger partial charge < -0.3 is 9.47 Å². The number of hydrogen-bond acceptors (Lipinski definition) is 5. The zero-order chi connectivity index (χ0) is 18.9. The van der Waals surface area contributed by atoms with E-state index in [1.165, 1.54) is 7.11 Å². The number of methoxy groups -OCH3 is 1. The van der Waals surface area contributed by atoms with Crippen molar-refractivity contribution >= 4 is 11.8 Å². The van der Waals surface area contributed by atoms with E-state index in [0.717, 1.165) is 16.7 Å². The van der Waals surface area contributed by atoms with Crippen LogP contribution >= 0.6 is 0 Å². The number of hydrogen-bond donors (Lipinski definition) is 0. The highest BCUT2D eigenvalue weighted by molar-refractivity contribution is 6.00. The van der Waals surface area contributed by atoms with E-state index in [1.807, 2.05) is 42.5 Å². The molecule has 0 aliphatic rings. The molecule has 0 aliphatic heterocycles. The maximum atomic E-state index is 12.2. The Morgan fingerprint density at radius 3 is 2.42 bits per heavy atom. The van der Waals surface area contributed by atoms with Crippen LogP contribution in [0.5, 0.6) is 0 Å². The predicted molar refractivity (Wildman–Crippen MR) is 97.3 cm³/mol. The second-order valence-corrected chi connectivity index (χ2v) is 5.76. The first-order valence-electron chi connectivity index (χ1n) is 8.37. The molecule has 0 saturated heterocycles. The minimum absolute atomic E-state index is 0.128. The van der Waals surface area contributed by atoms with E-state index in [9.17, 15) is 14.9 Å². The molecule has 0 fully saturated rings. The third-order valence-corrected chi connectivity index (χ3v) is 4.00. The largest absolute Gasteiger partial charge is 0.465 e. The second-order valence-electron chi connectivity index (χ2n) is 5.76. The van der Waals surface area contributed by atoms with Crippen molar-refractivity contribution in [1.82, 2.24) is 0 Å². The zero-order valence-electron chi connectivity index (χ0n) is 14.9. The maximum absolute atomic E-state index is 12.2. The Balaban J connectivity index is 2.21. The minimum Gasteiger partial charge on any atom is -0.465 e. The normalized spacial score (nSPS) is 11.4. The monoisotopic (exact) mass is 351 g/mol. The van der Waals surface area contributed by atoms with Gasteiger partial charge in [-0.15, -0.1) is 0 Å². The molecular formula is C21H21NO4. The molecule has 0 heterocycles. The standard InChI is InChI=1S/C21H21NO4/c1-3-26-21(24)19(20(23)14-25-2)12-15-8-10-16(11-9-15)18-7-5-4-6-17(18)13-22/h4-11,19H,3,12,14H2,1-2H3. The molecule has 2 aromatic carbocycles. The number of carbonyl (C=O) groups excluding carboxylic acids is 2. The fraction of sp³-hybridized carbons (Fsp3) is 0.286. The summed E-state index contributed by atoms with van der Waals surface area (Å²) in [7, 11) is 1.42. The Labute approximate surface area is 153 Å². The van der Waals surface area contributed by atoms with Gasteiger partial charge in [0.2, 0.25) is 0 Å². The second kappa shape index (κ2) is 9.50. The van der Waals surface area contributed by atoms with E-state index in [0.29, 0.717) is 5.56 Å². The smallest absolute Gasteiger partial charge is 0.316 e. The van der Waals surface area contributed by atoms with Crippen LogP contribution in [0.25, 0.3) is 11.1 Å². The lowest BCUT2D eigenvalue weighted by Crippen LogP contribution is -2.30. The highest BCUT2D eigenvalue weighted by atomic mass is 16.5. The number of rotatable bonds is 8. The van der Waals surface area contributed by atoms with Crippen molar-refractivity contribution in [3.05, 3.63) is 59.7 Å². The predicted octanol–water partition coefficient (Wildman–Crippen LogP) is 3.16. The Bertz CT molecular complexity index is 788. The molecule has 1 atom stereocenters. The van der Waals surface area contributed by atoms with Gasteiger partial charge in [-0.25, -0.2) is 0 Å². The minimum atomic E-state index is -0.882. The van der Waals surface area contributed by atoms with Crippen molar-refractivity contribution in [2.75, 3.05) is 20.3 Å². The molecule has 0 radical (unpaired) electrons. The number of esters is 1. The summed E-state index contributed by atoms with van der Waals surface area (Å²) in [6.07, 6.45) is 0.251. The van der Waals surface area contributed by atoms with Crippen LogP contribution in [0.1, 0.15) is 18.1 Å². The molecule has 0 bridgehead atoms. The number of nitrogens with zero attached hydrogens (tertiary/aromatic N) is 1. The lowest BCUT2D eigenvalue weighted by molar-refractivity contribution is -0.152. The van der Waals surface area contributed by atoms with Crippen LogP contribution in [0.2, 0.25) is 0 Å². The van der Waals surface area contributed by atoms with E-state index in [4.69, 9.17) is 9.47 Å². The van der Waals surface area contributed by atoms with Crippen LogP contribution in [0.3, 0.4) is 0 Å². The molecule has 0 aromatic heterocycles. The van der Waals surface area contributed by atoms with Gasteiger partial charge in [0.1, 0.15) is 12.5 Å². The highest BCUT2D eigenvalue weighted by Crippen LogP contribution is 2.24. The van der Waals surface area contributed by atoms with Gasteiger partial charge in [-0.05, 0) is 36.1 Å². The van der Waals surface area contributed by atoms with Gasteiger partial charge in [0.15, 0.2) is 5.78 Å². The first-order valence-corrected chi connectivity index (χ1v) is 8.37. The van der Waals surface area contributed by atoms with Crippen molar-refractivity contribution in [2.45, 2.75) is 13.3 Å². The molecule has 0 aliphatic carbocycles. The molecule has 26 heavy (non-hydrogen) atoms. The summed E-state index contributed by atoms with van der Waals surface area (Å²) < 4.78 is 9.88. The quantitative estimate of drug-likeness (QED) is 0.539. The van der Waals surface area contributed by atoms with Crippen LogP contribution in [0, 0.1) is 17.2 Å². The third kappa shape index (κ3) is 4.78. The average Bonchev–Trinajstić information content (AvgIpc) is 2.67. The van der Waals surface area contributed by atoms with Crippen molar-refractivity contribution in [2.24, 2.45) is 5.92 Å². The number of ketones is 1. The van der Waals surface area contributed by atoms with Crippen molar-refractivity contribution in [3.8, 4) is 17.2 Å². The van der Waals surface area contributed by atoms with Crippen molar-refractivity contribution in [1.29, 1.82) is 5.26 Å². The average molecular weight is 351 g/mol. The van der Waals surface area contributed by atoms with Crippen LogP contribution in [0.4, 0.5) is 0 Å². The highest BCUT2D eigenvalue weighted by Gasteiger charge is 2.28. The Hall–Kier alpha value is -2.97. The summed E-state index contributed by atoms with van der Waals surface area (Å²) in [4.78, 5) is 24.3. The number of carbonyl (C=O) groups is 2. The summed E-state index contributed by atoms with van der Waals surface area (Å²) in [6, 6.07) is 17.0. The van der Waals surface area contributed by atoms with Gasteiger partial charge in [0, 0.05) is 7.11 Å². The SMILES string of the molecule is CCOC(=O)C(Cc1ccc(-c2ccccc2C#N)cc1)C(=O)COC. The summed E-state index contributed by atoms with van der Waals surface area (Å²) in [5.74, 6) is -1.72. The molecule has 0 saturated carbocycles. The zero-order valence-corrected chi connectivity index (χ0v) is 14.9. The molecular weight excluding hydrogens is 330 g/mol. The molecule has 0 N–H and O–H groups in total. The van der Waals surface area contributed by atoms with Gasteiger partial charge >= 0.3 is 5.97 Å². The van der Waals surface area contributed by atoms with Gasteiger partial charge in [0.05, 0.1) is 18.2 Å². The number of Topliss-reactive ketones (excluding diaryl/α,β-unsaturated/α-hetero) is 1. The van der Waals surface area contributed by atoms with E-state index in [-0.39, 0.29) is 25.4 Å². The topological polar surface area (TPSA) is 76.4 Å². The van der Waals surface area contributed by atoms with Crippen LogP contribution in [0.15, 0.2) is 48.5 Å². The third-order valence-electron chi connectivity index (χ3n) is 4.00. The van der Waals surface area contributed by atoms with Gasteiger partial charge in [-0.1, -0.05) is 42.5 Å². The van der Waals surface area contributed by atoms with Crippen molar-refractivity contribution in [3.63, 3.8) is 0 Å². The van der Waals surface area contributed by atoms with Gasteiger partial charge in [0.25, 0.3) is 0 Å². The lowest BCUT2D eigenvalue weighted by atomic mass is 9.93. The molecule has 5 nitrogen and oxygen atoms in total. The van der Waals surface area contributed by atoms with Crippen LogP contribution in [-0.2, 0) is 25.5 Å². The van der Waals surface area contributed by atoms with Crippen molar-refractivity contribution < 1.29 is 19.1 Å². The van der Waals surface area contributed by atoms with E-state index in [2.05, 4.69) is 6.07 Å². The first kappa shape index (κ1) is 19.4. The van der Waals surface area contributed by atoms with E-state index in [1.54, 1.807) is 13.0 Å². The molecule has 0 amide bonds. The lowest BCUT2D eigenvalue weighted by Gasteiger charge is -2.14. The number of benzene rings is 2. The summed E-state index contributed by atoms with van der Waals surface area (Å²) in [5.41, 5.74) is 3.19. The number of nitriles is 1. The fourth-order valence-corrected chi connectivity index (χ4v) is 2.70. The number of ether oxygens (including phenoxy) is 2. The van der Waals surface area contributed by atoms with Gasteiger partial charge in [-0.3, -0.25) is 9.59 Å². The summed E-state index contributed by atoms with van der Waals surface area (Å²) in [5, 5.41) is 9.23. The summed E-state index contributed by atoms with van der Waals surface area (Å²) >= 11 is 0. The molecule has 0 spiro atoms. The Morgan fingerprint density at radius 1 is 1.12 bits per heavy atom. The Morgan fingerprint density at radius 2 is 1.81 bits per heavy atom. The van der Waals surface area contributed by atoms with Gasteiger partial charge in [-0.2, -0.15) is 5.26 Å². The fourth-order valence-electron chi connectivity index (χ4n) is 2.70. The molecule has 1 unspecified atom stereocenters. The van der Waals surface area contributed by atoms with Crippen LogP contribution < -0.4 is 0 Å². The van der Waals surface area contributed by atoms with Crippen LogP contribution in [-0.4, -0.2) is 32.1 Å². The molecule has 2 rings (SSSR count). The Kier molecular flexibility index (Phi) is 7.07. The maximum Gasteiger partial charge on any atom is 0.316 e. The molecule has 134 valence electrons. The van der Waals surface area contributed by atoms with E-state index < -0.39 is 11.9 Å².